The van der Waals surface area contributed by atoms with Crippen molar-refractivity contribution in [2.45, 2.75) is 31.6 Å². The number of hydrogen-bond donors (Lipinski definition) is 2. The molecule has 128 valence electrons. The minimum Gasteiger partial charge on any atom is -0.352 e. The van der Waals surface area contributed by atoms with E-state index in [1.54, 1.807) is 7.05 Å². The monoisotopic (exact) mass is 328 g/mol. The summed E-state index contributed by atoms with van der Waals surface area (Å²) < 4.78 is 37.3. The molecular weight excluding hydrogens is 305 g/mol. The predicted molar refractivity (Wildman–Crippen MR) is 85.4 cm³/mol. The molecule has 1 aromatic rings. The van der Waals surface area contributed by atoms with Gasteiger partial charge >= 0.3 is 6.18 Å². The molecule has 0 radical (unpaired) electrons. The Morgan fingerprint density at radius 2 is 2.04 bits per heavy atom. The van der Waals surface area contributed by atoms with Gasteiger partial charge in [0.1, 0.15) is 0 Å². The Bertz CT molecular complexity index is 516. The third-order valence-electron chi connectivity index (χ3n) is 3.89. The lowest BCUT2D eigenvalue weighted by Crippen LogP contribution is -2.45. The van der Waals surface area contributed by atoms with Crippen molar-refractivity contribution in [3.63, 3.8) is 0 Å². The van der Waals surface area contributed by atoms with Crippen molar-refractivity contribution in [2.75, 3.05) is 26.7 Å². The van der Waals surface area contributed by atoms with Gasteiger partial charge in [0.05, 0.1) is 12.6 Å². The first-order valence-corrected chi connectivity index (χ1v) is 7.71. The number of guanidine groups is 1. The fourth-order valence-electron chi connectivity index (χ4n) is 2.74. The van der Waals surface area contributed by atoms with Gasteiger partial charge in [-0.1, -0.05) is 30.3 Å². The maximum Gasteiger partial charge on any atom is 0.401 e. The van der Waals surface area contributed by atoms with Crippen LogP contribution in [0.15, 0.2) is 35.3 Å². The molecule has 1 fully saturated rings. The Morgan fingerprint density at radius 1 is 1.35 bits per heavy atom. The molecule has 2 N–H and O–H groups in total. The molecule has 1 aliphatic rings. The van der Waals surface area contributed by atoms with E-state index in [1.807, 2.05) is 37.3 Å². The molecule has 4 nitrogen and oxygen atoms in total. The molecule has 1 heterocycles. The molecule has 2 rings (SSSR count). The van der Waals surface area contributed by atoms with Crippen molar-refractivity contribution in [3.8, 4) is 0 Å². The van der Waals surface area contributed by atoms with Gasteiger partial charge in [0.2, 0.25) is 0 Å². The largest absolute Gasteiger partial charge is 0.401 e. The molecule has 0 bridgehead atoms. The Kier molecular flexibility index (Phi) is 5.87. The van der Waals surface area contributed by atoms with Gasteiger partial charge in [-0.25, -0.2) is 0 Å². The van der Waals surface area contributed by atoms with Gasteiger partial charge in [0.15, 0.2) is 5.96 Å². The average molecular weight is 328 g/mol. The van der Waals surface area contributed by atoms with Gasteiger partial charge in [-0.2, -0.15) is 13.2 Å². The number of alkyl halides is 3. The van der Waals surface area contributed by atoms with Crippen molar-refractivity contribution in [1.29, 1.82) is 0 Å². The Hall–Kier alpha value is -1.76. The molecule has 0 amide bonds. The van der Waals surface area contributed by atoms with Crippen LogP contribution in [0, 0.1) is 0 Å². The highest BCUT2D eigenvalue weighted by atomic mass is 19.4. The molecule has 0 spiro atoms. The number of halogens is 3. The minimum atomic E-state index is -4.14. The second-order valence-corrected chi connectivity index (χ2v) is 5.83. The predicted octanol–water partition coefficient (Wildman–Crippen LogP) is 2.55. The van der Waals surface area contributed by atoms with Crippen LogP contribution in [0.5, 0.6) is 0 Å². The van der Waals surface area contributed by atoms with Gasteiger partial charge in [0, 0.05) is 26.2 Å². The summed E-state index contributed by atoms with van der Waals surface area (Å²) in [6.07, 6.45) is -3.47. The molecule has 1 aliphatic heterocycles. The van der Waals surface area contributed by atoms with Crippen molar-refractivity contribution in [2.24, 2.45) is 4.99 Å². The number of hydrogen-bond acceptors (Lipinski definition) is 2. The summed E-state index contributed by atoms with van der Waals surface area (Å²) >= 11 is 0. The normalized spacial score (nSPS) is 21.3. The lowest BCUT2D eigenvalue weighted by molar-refractivity contribution is -0.143. The fraction of sp³-hybridized carbons (Fsp3) is 0.562. The van der Waals surface area contributed by atoms with Crippen molar-refractivity contribution in [1.82, 2.24) is 15.5 Å². The number of rotatable bonds is 4. The first-order chi connectivity index (χ1) is 10.9. The number of aliphatic imine (C=N–C) groups is 1. The standard InChI is InChI=1S/C16H23F3N4/c1-12(13-6-4-3-5-7-13)21-15(20-2)22-14-8-9-23(10-14)11-16(17,18)19/h3-7,12,14H,8-11H2,1-2H3,(H2,20,21,22). The summed E-state index contributed by atoms with van der Waals surface area (Å²) in [4.78, 5) is 5.59. The highest BCUT2D eigenvalue weighted by Crippen LogP contribution is 2.20. The summed E-state index contributed by atoms with van der Waals surface area (Å²) in [7, 11) is 1.66. The SMILES string of the molecule is CN=C(NC1CCN(CC(F)(F)F)C1)NC(C)c1ccccc1. The van der Waals surface area contributed by atoms with Crippen LogP contribution in [0.1, 0.15) is 24.9 Å². The van der Waals surface area contributed by atoms with Crippen LogP contribution in [0.4, 0.5) is 13.2 Å². The zero-order valence-corrected chi connectivity index (χ0v) is 13.4. The van der Waals surface area contributed by atoms with Gasteiger partial charge < -0.3 is 10.6 Å². The van der Waals surface area contributed by atoms with E-state index in [1.165, 1.54) is 4.90 Å². The maximum absolute atomic E-state index is 12.4. The van der Waals surface area contributed by atoms with E-state index in [4.69, 9.17) is 0 Å². The van der Waals surface area contributed by atoms with Crippen molar-refractivity contribution < 1.29 is 13.2 Å². The van der Waals surface area contributed by atoms with Crippen LogP contribution in [-0.4, -0.2) is 49.8 Å². The Balaban J connectivity index is 1.84. The molecular formula is C16H23F3N4. The topological polar surface area (TPSA) is 39.7 Å². The van der Waals surface area contributed by atoms with E-state index in [9.17, 15) is 13.2 Å². The maximum atomic E-state index is 12.4. The van der Waals surface area contributed by atoms with E-state index in [2.05, 4.69) is 15.6 Å². The quantitative estimate of drug-likeness (QED) is 0.659. The summed E-state index contributed by atoms with van der Waals surface area (Å²) in [5, 5.41) is 6.48. The van der Waals surface area contributed by atoms with Crippen molar-refractivity contribution in [3.05, 3.63) is 35.9 Å². The molecule has 7 heteroatoms. The highest BCUT2D eigenvalue weighted by Gasteiger charge is 2.34. The zero-order valence-electron chi connectivity index (χ0n) is 13.4. The van der Waals surface area contributed by atoms with Gasteiger partial charge in [0.25, 0.3) is 0 Å². The number of nitrogens with zero attached hydrogens (tertiary/aromatic N) is 2. The first-order valence-electron chi connectivity index (χ1n) is 7.71. The fourth-order valence-corrected chi connectivity index (χ4v) is 2.74. The van der Waals surface area contributed by atoms with Crippen LogP contribution in [0.25, 0.3) is 0 Å². The number of benzene rings is 1. The lowest BCUT2D eigenvalue weighted by Gasteiger charge is -2.22. The molecule has 0 aromatic heterocycles. The molecule has 0 saturated carbocycles. The number of nitrogens with one attached hydrogen (secondary N) is 2. The second kappa shape index (κ2) is 7.68. The highest BCUT2D eigenvalue weighted by molar-refractivity contribution is 5.80. The summed E-state index contributed by atoms with van der Waals surface area (Å²) in [6.45, 7) is 1.99. The Labute approximate surface area is 134 Å². The molecule has 23 heavy (non-hydrogen) atoms. The third-order valence-corrected chi connectivity index (χ3v) is 3.89. The van der Waals surface area contributed by atoms with Gasteiger partial charge in [-0.3, -0.25) is 9.89 Å². The second-order valence-electron chi connectivity index (χ2n) is 5.83. The van der Waals surface area contributed by atoms with Crippen LogP contribution >= 0.6 is 0 Å². The molecule has 2 atom stereocenters. The molecule has 1 saturated heterocycles. The average Bonchev–Trinajstić information content (AvgIpc) is 2.92. The summed E-state index contributed by atoms with van der Waals surface area (Å²) in [5.74, 6) is 0.611. The first kappa shape index (κ1) is 17.6. The van der Waals surface area contributed by atoms with E-state index in [0.29, 0.717) is 25.5 Å². The minimum absolute atomic E-state index is 0.0217. The molecule has 2 unspecified atom stereocenters. The smallest absolute Gasteiger partial charge is 0.352 e. The number of likely N-dealkylation sites (tertiary alicyclic amines) is 1. The van der Waals surface area contributed by atoms with E-state index in [0.717, 1.165) is 5.56 Å². The zero-order chi connectivity index (χ0) is 16.9. The van der Waals surface area contributed by atoms with Crippen molar-refractivity contribution >= 4 is 5.96 Å². The van der Waals surface area contributed by atoms with E-state index >= 15 is 0 Å². The summed E-state index contributed by atoms with van der Waals surface area (Å²) in [6, 6.07) is 9.97. The van der Waals surface area contributed by atoms with Gasteiger partial charge in [-0.05, 0) is 18.9 Å². The molecule has 1 aromatic carbocycles. The third kappa shape index (κ3) is 5.74. The lowest BCUT2D eigenvalue weighted by atomic mass is 10.1. The van der Waals surface area contributed by atoms with E-state index < -0.39 is 12.7 Å². The summed E-state index contributed by atoms with van der Waals surface area (Å²) in [5.41, 5.74) is 1.13. The molecule has 0 aliphatic carbocycles. The van der Waals surface area contributed by atoms with Crippen LogP contribution in [0.3, 0.4) is 0 Å². The van der Waals surface area contributed by atoms with Gasteiger partial charge in [-0.15, -0.1) is 0 Å². The van der Waals surface area contributed by atoms with Crippen LogP contribution < -0.4 is 10.6 Å². The Morgan fingerprint density at radius 3 is 2.65 bits per heavy atom. The van der Waals surface area contributed by atoms with E-state index in [-0.39, 0.29) is 12.1 Å². The van der Waals surface area contributed by atoms with Crippen LogP contribution in [-0.2, 0) is 0 Å². The van der Waals surface area contributed by atoms with Crippen LogP contribution in [0.2, 0.25) is 0 Å².